The Kier molecular flexibility index (Phi) is 4.08. The number of nitrogens with zero attached hydrogens (tertiary/aromatic N) is 4. The Morgan fingerprint density at radius 2 is 1.96 bits per heavy atom. The Hall–Kier alpha value is -2.54. The second-order valence-electron chi connectivity index (χ2n) is 5.78. The lowest BCUT2D eigenvalue weighted by Gasteiger charge is -2.07. The van der Waals surface area contributed by atoms with Gasteiger partial charge in [-0.1, -0.05) is 17.3 Å². The van der Waals surface area contributed by atoms with Crippen molar-refractivity contribution in [3.8, 4) is 5.88 Å². The van der Waals surface area contributed by atoms with Crippen LogP contribution in [0.25, 0.3) is 11.0 Å². The molecule has 24 heavy (non-hydrogen) atoms. The number of fused-ring (bicyclic) bond motifs is 1. The minimum Gasteiger partial charge on any atom is -0.480 e. The molecule has 0 radical (unpaired) electrons. The van der Waals surface area contributed by atoms with Gasteiger partial charge < -0.3 is 14.0 Å². The van der Waals surface area contributed by atoms with Crippen molar-refractivity contribution in [1.29, 1.82) is 0 Å². The van der Waals surface area contributed by atoms with Gasteiger partial charge in [0.15, 0.2) is 5.82 Å². The van der Waals surface area contributed by atoms with Gasteiger partial charge in [0.05, 0.1) is 24.8 Å². The van der Waals surface area contributed by atoms with E-state index in [0.717, 1.165) is 35.6 Å². The molecule has 3 heterocycles. The lowest BCUT2D eigenvalue weighted by atomic mass is 10.1. The zero-order chi connectivity index (χ0) is 16.4. The van der Waals surface area contributed by atoms with Crippen LogP contribution in [-0.2, 0) is 17.6 Å². The van der Waals surface area contributed by atoms with Gasteiger partial charge in [-0.05, 0) is 18.6 Å². The predicted molar refractivity (Wildman–Crippen MR) is 86.0 cm³/mol. The number of hydrogen-bond donors (Lipinski definition) is 0. The van der Waals surface area contributed by atoms with Gasteiger partial charge in [-0.15, -0.1) is 0 Å². The Bertz CT molecular complexity index is 843. The van der Waals surface area contributed by atoms with Crippen LogP contribution in [0.5, 0.6) is 5.88 Å². The number of aryl methyl sites for hydroxylation is 2. The zero-order valence-electron chi connectivity index (χ0n) is 13.4. The van der Waals surface area contributed by atoms with Crippen LogP contribution in [-0.4, -0.2) is 40.4 Å². The van der Waals surface area contributed by atoms with Gasteiger partial charge in [0.25, 0.3) is 0 Å². The maximum atomic E-state index is 5.37. The number of benzene rings is 1. The minimum absolute atomic E-state index is 0.248. The summed E-state index contributed by atoms with van der Waals surface area (Å²) in [5.74, 6) is 2.13. The molecule has 4 rings (SSSR count). The highest BCUT2D eigenvalue weighted by atomic mass is 16.5. The molecule has 7 heteroatoms. The first kappa shape index (κ1) is 15.0. The molecular formula is C17H18N4O3. The van der Waals surface area contributed by atoms with E-state index >= 15 is 0 Å². The number of para-hydroxylation sites is 2. The van der Waals surface area contributed by atoms with E-state index in [9.17, 15) is 0 Å². The van der Waals surface area contributed by atoms with Crippen LogP contribution in [0.2, 0.25) is 0 Å². The van der Waals surface area contributed by atoms with Gasteiger partial charge >= 0.3 is 0 Å². The average molecular weight is 326 g/mol. The maximum absolute atomic E-state index is 5.37. The molecule has 0 N–H and O–H groups in total. The van der Waals surface area contributed by atoms with Gasteiger partial charge in [-0.25, -0.2) is 9.97 Å². The molecule has 0 amide bonds. The summed E-state index contributed by atoms with van der Waals surface area (Å²) in [5.41, 5.74) is 2.46. The van der Waals surface area contributed by atoms with E-state index in [1.54, 1.807) is 7.11 Å². The van der Waals surface area contributed by atoms with Crippen LogP contribution in [0.1, 0.15) is 29.7 Å². The second kappa shape index (κ2) is 6.52. The van der Waals surface area contributed by atoms with E-state index in [0.29, 0.717) is 31.2 Å². The van der Waals surface area contributed by atoms with Crippen molar-refractivity contribution in [3.63, 3.8) is 0 Å². The van der Waals surface area contributed by atoms with Crippen molar-refractivity contribution in [2.75, 3.05) is 20.3 Å². The summed E-state index contributed by atoms with van der Waals surface area (Å²) < 4.78 is 16.1. The molecule has 1 fully saturated rings. The first-order valence-corrected chi connectivity index (χ1v) is 8.03. The molecule has 124 valence electrons. The first-order valence-electron chi connectivity index (χ1n) is 8.03. The number of ether oxygens (including phenoxy) is 2. The lowest BCUT2D eigenvalue weighted by molar-refractivity contribution is 0.192. The van der Waals surface area contributed by atoms with Crippen LogP contribution in [0.4, 0.5) is 0 Å². The standard InChI is InChI=1S/C17H18N4O3/c1-22-17-14(18-12-4-2-3-5-13(12)19-17)6-7-15-20-16(21-24-15)11-8-9-23-10-11/h2-5,11H,6-10H2,1H3/t11-/m1/s1. The van der Waals surface area contributed by atoms with E-state index in [-0.39, 0.29) is 5.92 Å². The summed E-state index contributed by atoms with van der Waals surface area (Å²) in [7, 11) is 1.60. The molecule has 0 saturated carbocycles. The van der Waals surface area contributed by atoms with Gasteiger partial charge in [-0.3, -0.25) is 0 Å². The molecule has 1 aromatic carbocycles. The first-order chi connectivity index (χ1) is 11.8. The topological polar surface area (TPSA) is 83.2 Å². The molecule has 3 aromatic rings. The second-order valence-corrected chi connectivity index (χ2v) is 5.78. The number of hydrogen-bond acceptors (Lipinski definition) is 7. The third-order valence-corrected chi connectivity index (χ3v) is 4.15. The zero-order valence-corrected chi connectivity index (χ0v) is 13.4. The summed E-state index contributed by atoms with van der Waals surface area (Å²) in [5, 5.41) is 4.07. The molecule has 2 aromatic heterocycles. The fourth-order valence-corrected chi connectivity index (χ4v) is 2.85. The molecule has 7 nitrogen and oxygen atoms in total. The summed E-state index contributed by atoms with van der Waals surface area (Å²) in [6.07, 6.45) is 2.18. The predicted octanol–water partition coefficient (Wildman–Crippen LogP) is 2.31. The van der Waals surface area contributed by atoms with Crippen LogP contribution < -0.4 is 4.74 Å². The number of aromatic nitrogens is 4. The Labute approximate surface area is 139 Å². The van der Waals surface area contributed by atoms with E-state index in [4.69, 9.17) is 14.0 Å². The molecule has 1 aliphatic rings. The molecule has 1 atom stereocenters. The third-order valence-electron chi connectivity index (χ3n) is 4.15. The van der Waals surface area contributed by atoms with E-state index in [1.807, 2.05) is 24.3 Å². The SMILES string of the molecule is COc1nc2ccccc2nc1CCc1nc([C@@H]2CCOC2)no1. The number of methoxy groups -OCH3 is 1. The monoisotopic (exact) mass is 326 g/mol. The van der Waals surface area contributed by atoms with Crippen LogP contribution in [0, 0.1) is 0 Å². The number of rotatable bonds is 5. The van der Waals surface area contributed by atoms with Gasteiger partial charge in [0, 0.05) is 25.4 Å². The summed E-state index contributed by atoms with van der Waals surface area (Å²) in [6.45, 7) is 1.43. The van der Waals surface area contributed by atoms with Crippen molar-refractivity contribution >= 4 is 11.0 Å². The summed E-state index contributed by atoms with van der Waals surface area (Å²) in [6, 6.07) is 7.74. The van der Waals surface area contributed by atoms with Crippen LogP contribution >= 0.6 is 0 Å². The van der Waals surface area contributed by atoms with Crippen molar-refractivity contribution in [2.45, 2.75) is 25.2 Å². The van der Waals surface area contributed by atoms with E-state index < -0.39 is 0 Å². The minimum atomic E-state index is 0.248. The highest BCUT2D eigenvalue weighted by Crippen LogP contribution is 2.23. The normalized spacial score (nSPS) is 17.5. The highest BCUT2D eigenvalue weighted by molar-refractivity contribution is 5.74. The average Bonchev–Trinajstić information content (AvgIpc) is 3.30. The summed E-state index contributed by atoms with van der Waals surface area (Å²) >= 11 is 0. The molecule has 1 aliphatic heterocycles. The third kappa shape index (κ3) is 2.94. The van der Waals surface area contributed by atoms with Gasteiger partial charge in [0.2, 0.25) is 11.8 Å². The summed E-state index contributed by atoms with van der Waals surface area (Å²) in [4.78, 5) is 13.6. The Morgan fingerprint density at radius 3 is 2.71 bits per heavy atom. The lowest BCUT2D eigenvalue weighted by Crippen LogP contribution is -2.03. The molecule has 0 bridgehead atoms. The van der Waals surface area contributed by atoms with Gasteiger partial charge in [0.1, 0.15) is 5.69 Å². The smallest absolute Gasteiger partial charge is 0.235 e. The fraction of sp³-hybridized carbons (Fsp3) is 0.412. The quantitative estimate of drug-likeness (QED) is 0.711. The van der Waals surface area contributed by atoms with Crippen molar-refractivity contribution < 1.29 is 14.0 Å². The largest absolute Gasteiger partial charge is 0.480 e. The highest BCUT2D eigenvalue weighted by Gasteiger charge is 2.23. The van der Waals surface area contributed by atoms with E-state index in [2.05, 4.69) is 20.1 Å². The van der Waals surface area contributed by atoms with Crippen molar-refractivity contribution in [3.05, 3.63) is 41.7 Å². The van der Waals surface area contributed by atoms with Crippen LogP contribution in [0.3, 0.4) is 0 Å². The molecule has 0 spiro atoms. The van der Waals surface area contributed by atoms with Crippen molar-refractivity contribution in [2.24, 2.45) is 0 Å². The molecule has 0 unspecified atom stereocenters. The van der Waals surface area contributed by atoms with E-state index in [1.165, 1.54) is 0 Å². The van der Waals surface area contributed by atoms with Gasteiger partial charge in [-0.2, -0.15) is 4.98 Å². The molecular weight excluding hydrogens is 308 g/mol. The fourth-order valence-electron chi connectivity index (χ4n) is 2.85. The molecule has 0 aliphatic carbocycles. The Morgan fingerprint density at radius 1 is 1.12 bits per heavy atom. The van der Waals surface area contributed by atoms with Crippen molar-refractivity contribution in [1.82, 2.24) is 20.1 Å². The maximum Gasteiger partial charge on any atom is 0.235 e. The Balaban J connectivity index is 1.51. The van der Waals surface area contributed by atoms with Crippen LogP contribution in [0.15, 0.2) is 28.8 Å². The molecule has 1 saturated heterocycles.